The summed E-state index contributed by atoms with van der Waals surface area (Å²) in [6, 6.07) is 11.7. The van der Waals surface area contributed by atoms with Crippen molar-refractivity contribution < 1.29 is 14.3 Å². The number of nitrogens with zero attached hydrogens (tertiary/aromatic N) is 1. The molecule has 1 aromatic carbocycles. The number of hydrogen-bond acceptors (Lipinski definition) is 4. The number of esters is 1. The lowest BCUT2D eigenvalue weighted by Gasteiger charge is -2.23. The maximum absolute atomic E-state index is 11.4. The largest absolute Gasteiger partial charge is 0.492 e. The normalized spacial score (nSPS) is 18.0. The molecule has 0 aliphatic carbocycles. The summed E-state index contributed by atoms with van der Waals surface area (Å²) >= 11 is 0. The molecule has 1 saturated heterocycles. The smallest absolute Gasteiger partial charge is 0.337 e. The number of likely N-dealkylation sites (tertiary alicyclic amines) is 1. The molecule has 0 bridgehead atoms. The Hall–Kier alpha value is -2.27. The van der Waals surface area contributed by atoms with Gasteiger partial charge in [0, 0.05) is 24.5 Å². The average molecular weight is 314 g/mol. The number of aromatic amines is 1. The Morgan fingerprint density at radius 2 is 2.13 bits per heavy atom. The van der Waals surface area contributed by atoms with Crippen LogP contribution in [0.15, 0.2) is 42.6 Å². The van der Waals surface area contributed by atoms with Crippen LogP contribution in [-0.2, 0) is 4.74 Å². The van der Waals surface area contributed by atoms with Gasteiger partial charge >= 0.3 is 5.97 Å². The summed E-state index contributed by atoms with van der Waals surface area (Å²) in [4.78, 5) is 17.2. The lowest BCUT2D eigenvalue weighted by Crippen LogP contribution is -2.28. The van der Waals surface area contributed by atoms with Crippen molar-refractivity contribution in [3.63, 3.8) is 0 Å². The van der Waals surface area contributed by atoms with E-state index < -0.39 is 0 Å². The van der Waals surface area contributed by atoms with Crippen LogP contribution in [0.4, 0.5) is 0 Å². The summed E-state index contributed by atoms with van der Waals surface area (Å²) in [7, 11) is 1.38. The van der Waals surface area contributed by atoms with Gasteiger partial charge in [0.2, 0.25) is 0 Å². The number of aromatic nitrogens is 1. The van der Waals surface area contributed by atoms with E-state index in [4.69, 9.17) is 4.74 Å². The van der Waals surface area contributed by atoms with Crippen molar-refractivity contribution in [2.75, 3.05) is 26.8 Å². The summed E-state index contributed by atoms with van der Waals surface area (Å²) < 4.78 is 10.5. The van der Waals surface area contributed by atoms with Gasteiger partial charge in [-0.3, -0.25) is 4.90 Å². The van der Waals surface area contributed by atoms with E-state index >= 15 is 0 Å². The number of hydrogen-bond donors (Lipinski definition) is 1. The third-order valence-corrected chi connectivity index (χ3v) is 4.27. The van der Waals surface area contributed by atoms with E-state index in [0.717, 1.165) is 18.8 Å². The van der Waals surface area contributed by atoms with Crippen LogP contribution in [0.5, 0.6) is 5.75 Å². The predicted octanol–water partition coefficient (Wildman–Crippen LogP) is 3.02. The van der Waals surface area contributed by atoms with E-state index in [1.165, 1.54) is 25.6 Å². The Kier molecular flexibility index (Phi) is 4.98. The van der Waals surface area contributed by atoms with Crippen molar-refractivity contribution in [2.24, 2.45) is 0 Å². The van der Waals surface area contributed by atoms with Crippen molar-refractivity contribution in [1.29, 1.82) is 0 Å². The van der Waals surface area contributed by atoms with E-state index in [1.54, 1.807) is 24.3 Å². The highest BCUT2D eigenvalue weighted by Gasteiger charge is 2.26. The zero-order valence-corrected chi connectivity index (χ0v) is 13.3. The number of benzene rings is 1. The Bertz CT molecular complexity index is 622. The van der Waals surface area contributed by atoms with E-state index in [0.29, 0.717) is 18.2 Å². The van der Waals surface area contributed by atoms with Crippen molar-refractivity contribution in [3.8, 4) is 5.75 Å². The second-order valence-corrected chi connectivity index (χ2v) is 5.68. The van der Waals surface area contributed by atoms with E-state index in [1.807, 2.05) is 12.3 Å². The van der Waals surface area contributed by atoms with Crippen LogP contribution >= 0.6 is 0 Å². The van der Waals surface area contributed by atoms with Gasteiger partial charge in [-0.15, -0.1) is 0 Å². The highest BCUT2D eigenvalue weighted by atomic mass is 16.5. The van der Waals surface area contributed by atoms with Crippen LogP contribution in [0.3, 0.4) is 0 Å². The summed E-state index contributed by atoms with van der Waals surface area (Å²) in [5.74, 6) is 0.440. The molecule has 1 aliphatic rings. The first kappa shape index (κ1) is 15.6. The second-order valence-electron chi connectivity index (χ2n) is 5.68. The Morgan fingerprint density at radius 1 is 1.30 bits per heavy atom. The number of H-pyrrole nitrogens is 1. The second kappa shape index (κ2) is 7.33. The molecule has 1 fully saturated rings. The summed E-state index contributed by atoms with van der Waals surface area (Å²) in [5.41, 5.74) is 1.82. The monoisotopic (exact) mass is 314 g/mol. The Balaban J connectivity index is 1.50. The van der Waals surface area contributed by atoms with Gasteiger partial charge in [-0.1, -0.05) is 0 Å². The highest BCUT2D eigenvalue weighted by Crippen LogP contribution is 2.30. The standard InChI is InChI=1S/C18H22N2O3/c1-22-18(21)14-6-8-15(9-7-14)23-13-12-20-11-3-5-17(20)16-4-2-10-19-16/h2,4,6-10,17,19H,3,5,11-13H2,1H3/t17-/m1/s1. The SMILES string of the molecule is COC(=O)c1ccc(OCCN2CCC[C@@H]2c2ccc[nH]2)cc1. The molecule has 1 aromatic heterocycles. The number of methoxy groups -OCH3 is 1. The molecule has 1 atom stereocenters. The first-order valence-corrected chi connectivity index (χ1v) is 7.96. The minimum Gasteiger partial charge on any atom is -0.492 e. The van der Waals surface area contributed by atoms with Gasteiger partial charge in [0.15, 0.2) is 0 Å². The molecule has 0 radical (unpaired) electrons. The van der Waals surface area contributed by atoms with Gasteiger partial charge in [-0.05, 0) is 55.8 Å². The maximum Gasteiger partial charge on any atom is 0.337 e. The molecular weight excluding hydrogens is 292 g/mol. The fourth-order valence-corrected chi connectivity index (χ4v) is 3.08. The van der Waals surface area contributed by atoms with Crippen LogP contribution in [0.25, 0.3) is 0 Å². The van der Waals surface area contributed by atoms with Gasteiger partial charge in [0.25, 0.3) is 0 Å². The van der Waals surface area contributed by atoms with Gasteiger partial charge in [-0.25, -0.2) is 4.79 Å². The summed E-state index contributed by atoms with van der Waals surface area (Å²) in [6.07, 6.45) is 4.39. The zero-order valence-electron chi connectivity index (χ0n) is 13.3. The third-order valence-electron chi connectivity index (χ3n) is 4.27. The number of carbonyl (C=O) groups excluding carboxylic acids is 1. The molecule has 1 aliphatic heterocycles. The molecular formula is C18H22N2O3. The van der Waals surface area contributed by atoms with E-state index in [-0.39, 0.29) is 5.97 Å². The number of nitrogens with one attached hydrogen (secondary N) is 1. The average Bonchev–Trinajstić information content (AvgIpc) is 3.25. The number of carbonyl (C=O) groups is 1. The lowest BCUT2D eigenvalue weighted by molar-refractivity contribution is 0.0600. The molecule has 122 valence electrons. The molecule has 1 N–H and O–H groups in total. The molecule has 5 nitrogen and oxygen atoms in total. The van der Waals surface area contributed by atoms with Crippen LogP contribution in [0, 0.1) is 0 Å². The van der Waals surface area contributed by atoms with Crippen molar-refractivity contribution in [2.45, 2.75) is 18.9 Å². The summed E-state index contributed by atoms with van der Waals surface area (Å²) in [5, 5.41) is 0. The topological polar surface area (TPSA) is 54.6 Å². The van der Waals surface area contributed by atoms with Crippen molar-refractivity contribution in [1.82, 2.24) is 9.88 Å². The Labute approximate surface area is 136 Å². The van der Waals surface area contributed by atoms with Crippen LogP contribution in [0.1, 0.15) is 34.9 Å². The first-order valence-electron chi connectivity index (χ1n) is 7.96. The maximum atomic E-state index is 11.4. The van der Waals surface area contributed by atoms with Gasteiger partial charge in [-0.2, -0.15) is 0 Å². The molecule has 0 unspecified atom stereocenters. The molecule has 0 saturated carbocycles. The quantitative estimate of drug-likeness (QED) is 0.833. The predicted molar refractivity (Wildman–Crippen MR) is 87.6 cm³/mol. The minimum absolute atomic E-state index is 0.331. The van der Waals surface area contributed by atoms with Crippen LogP contribution in [-0.4, -0.2) is 42.7 Å². The molecule has 23 heavy (non-hydrogen) atoms. The van der Waals surface area contributed by atoms with Crippen molar-refractivity contribution >= 4 is 5.97 Å². The molecule has 5 heteroatoms. The fraction of sp³-hybridized carbons (Fsp3) is 0.389. The minimum atomic E-state index is -0.331. The third kappa shape index (κ3) is 3.74. The first-order chi connectivity index (χ1) is 11.3. The molecule has 2 aromatic rings. The number of rotatable bonds is 6. The van der Waals surface area contributed by atoms with E-state index in [9.17, 15) is 4.79 Å². The van der Waals surface area contributed by atoms with E-state index in [2.05, 4.69) is 20.7 Å². The lowest BCUT2D eigenvalue weighted by atomic mass is 10.1. The van der Waals surface area contributed by atoms with Crippen molar-refractivity contribution in [3.05, 3.63) is 53.9 Å². The molecule has 2 heterocycles. The van der Waals surface area contributed by atoms with Crippen LogP contribution < -0.4 is 4.74 Å². The molecule has 0 spiro atoms. The van der Waals surface area contributed by atoms with Crippen LogP contribution in [0.2, 0.25) is 0 Å². The number of ether oxygens (including phenoxy) is 2. The van der Waals surface area contributed by atoms with Gasteiger partial charge in [0.05, 0.1) is 12.7 Å². The zero-order chi connectivity index (χ0) is 16.1. The highest BCUT2D eigenvalue weighted by molar-refractivity contribution is 5.89. The fourth-order valence-electron chi connectivity index (χ4n) is 3.08. The van der Waals surface area contributed by atoms with Gasteiger partial charge in [0.1, 0.15) is 12.4 Å². The van der Waals surface area contributed by atoms with Gasteiger partial charge < -0.3 is 14.5 Å². The summed E-state index contributed by atoms with van der Waals surface area (Å²) in [6.45, 7) is 2.63. The molecule has 0 amide bonds. The molecule has 3 rings (SSSR count). The Morgan fingerprint density at radius 3 is 2.83 bits per heavy atom.